The molecule has 0 radical (unpaired) electrons. The van der Waals surface area contributed by atoms with Crippen LogP contribution in [0.2, 0.25) is 0 Å². The van der Waals surface area contributed by atoms with Crippen molar-refractivity contribution in [2.45, 2.75) is 24.7 Å². The number of ether oxygens (including phenoxy) is 1. The molecule has 132 valence electrons. The fourth-order valence-electron chi connectivity index (χ4n) is 4.68. The van der Waals surface area contributed by atoms with Crippen LogP contribution in [-0.2, 0) is 16.6 Å². The fraction of sp³-hybridized carbons (Fsp3) is 0.167. The molecule has 3 nitrogen and oxygen atoms in total. The van der Waals surface area contributed by atoms with E-state index >= 15 is 0 Å². The molecule has 0 aromatic heterocycles. The van der Waals surface area contributed by atoms with Gasteiger partial charge in [-0.2, -0.15) is 0 Å². The summed E-state index contributed by atoms with van der Waals surface area (Å²) < 4.78 is 5.49. The van der Waals surface area contributed by atoms with Crippen LogP contribution < -0.4 is 4.74 Å². The molecule has 27 heavy (non-hydrogen) atoms. The summed E-state index contributed by atoms with van der Waals surface area (Å²) in [5, 5.41) is 0. The van der Waals surface area contributed by atoms with Gasteiger partial charge in [0.2, 0.25) is 0 Å². The molecule has 1 spiro atoms. The van der Waals surface area contributed by atoms with Gasteiger partial charge in [0.15, 0.2) is 5.78 Å². The number of carbonyl (C=O) groups excluding carboxylic acids is 2. The molecule has 0 bridgehead atoms. The van der Waals surface area contributed by atoms with Gasteiger partial charge in [-0.1, -0.05) is 66.7 Å². The number of benzene rings is 3. The number of esters is 1. The largest absolute Gasteiger partial charge is 0.426 e. The Hall–Kier alpha value is -3.20. The molecule has 3 aromatic rings. The highest BCUT2D eigenvalue weighted by Gasteiger charge is 2.48. The predicted octanol–water partition coefficient (Wildman–Crippen LogP) is 4.46. The molecule has 1 atom stereocenters. The number of aryl methyl sites for hydroxylation is 1. The van der Waals surface area contributed by atoms with Crippen molar-refractivity contribution in [1.29, 1.82) is 0 Å². The van der Waals surface area contributed by atoms with E-state index in [9.17, 15) is 9.59 Å². The second-order valence-electron chi connectivity index (χ2n) is 7.26. The number of fused-ring (bicyclic) bond motifs is 4. The third kappa shape index (κ3) is 2.35. The molecule has 1 aliphatic carbocycles. The van der Waals surface area contributed by atoms with E-state index in [2.05, 4.69) is 6.07 Å². The summed E-state index contributed by atoms with van der Waals surface area (Å²) in [6, 6.07) is 23.0. The van der Waals surface area contributed by atoms with Crippen LogP contribution in [0.25, 0.3) is 0 Å². The molecule has 1 unspecified atom stereocenters. The van der Waals surface area contributed by atoms with Gasteiger partial charge in [0.1, 0.15) is 5.75 Å². The normalized spacial score (nSPS) is 20.1. The molecule has 1 heterocycles. The van der Waals surface area contributed by atoms with E-state index < -0.39 is 5.41 Å². The molecule has 0 fully saturated rings. The SMILES string of the molecule is O=C1CC2(CCc3cccc(C(=O)c4ccccc4)c32)c2ccccc2O1. The van der Waals surface area contributed by atoms with Gasteiger partial charge in [-0.3, -0.25) is 9.59 Å². The second-order valence-corrected chi connectivity index (χ2v) is 7.26. The Morgan fingerprint density at radius 3 is 2.52 bits per heavy atom. The van der Waals surface area contributed by atoms with E-state index in [0.717, 1.165) is 29.5 Å². The van der Waals surface area contributed by atoms with Crippen LogP contribution in [0.3, 0.4) is 0 Å². The molecular formula is C24H18O3. The lowest BCUT2D eigenvalue weighted by atomic mass is 9.69. The van der Waals surface area contributed by atoms with E-state index in [1.165, 1.54) is 0 Å². The van der Waals surface area contributed by atoms with Gasteiger partial charge in [0, 0.05) is 22.1 Å². The summed E-state index contributed by atoms with van der Waals surface area (Å²) in [5.74, 6) is 0.386. The summed E-state index contributed by atoms with van der Waals surface area (Å²) in [6.07, 6.45) is 1.94. The molecule has 5 rings (SSSR count). The highest BCUT2D eigenvalue weighted by molar-refractivity contribution is 6.10. The van der Waals surface area contributed by atoms with Crippen molar-refractivity contribution in [1.82, 2.24) is 0 Å². The minimum absolute atomic E-state index is 0.00477. The maximum absolute atomic E-state index is 13.3. The molecular weight excluding hydrogens is 336 g/mol. The van der Waals surface area contributed by atoms with Crippen LogP contribution in [-0.4, -0.2) is 11.8 Å². The molecule has 0 N–H and O–H groups in total. The Labute approximate surface area is 157 Å². The molecule has 3 aromatic carbocycles. The van der Waals surface area contributed by atoms with Crippen LogP contribution in [0.4, 0.5) is 0 Å². The number of hydrogen-bond donors (Lipinski definition) is 0. The lowest BCUT2D eigenvalue weighted by molar-refractivity contribution is -0.136. The van der Waals surface area contributed by atoms with Crippen molar-refractivity contribution in [3.8, 4) is 5.75 Å². The van der Waals surface area contributed by atoms with Crippen molar-refractivity contribution in [3.05, 3.63) is 101 Å². The van der Waals surface area contributed by atoms with Crippen molar-refractivity contribution >= 4 is 11.8 Å². The zero-order chi connectivity index (χ0) is 18.4. The van der Waals surface area contributed by atoms with Crippen LogP contribution in [0, 0.1) is 0 Å². The van der Waals surface area contributed by atoms with Gasteiger partial charge in [0.25, 0.3) is 0 Å². The van der Waals surface area contributed by atoms with Gasteiger partial charge in [-0.25, -0.2) is 0 Å². The first-order chi connectivity index (χ1) is 13.2. The van der Waals surface area contributed by atoms with E-state index in [0.29, 0.717) is 16.9 Å². The Morgan fingerprint density at radius 2 is 1.67 bits per heavy atom. The van der Waals surface area contributed by atoms with Crippen LogP contribution in [0.5, 0.6) is 5.75 Å². The zero-order valence-corrected chi connectivity index (χ0v) is 14.8. The number of hydrogen-bond acceptors (Lipinski definition) is 3. The Bertz CT molecular complexity index is 1070. The minimum atomic E-state index is -0.484. The first kappa shape index (κ1) is 16.0. The highest BCUT2D eigenvalue weighted by Crippen LogP contribution is 2.53. The molecule has 3 heteroatoms. The first-order valence-electron chi connectivity index (χ1n) is 9.21. The number of para-hydroxylation sites is 1. The minimum Gasteiger partial charge on any atom is -0.426 e. The summed E-state index contributed by atoms with van der Waals surface area (Å²) in [5.41, 5.74) is 4.05. The fourth-order valence-corrected chi connectivity index (χ4v) is 4.68. The van der Waals surface area contributed by atoms with E-state index in [1.54, 1.807) is 0 Å². The highest BCUT2D eigenvalue weighted by atomic mass is 16.5. The van der Waals surface area contributed by atoms with Gasteiger partial charge < -0.3 is 4.74 Å². The molecule has 2 aliphatic rings. The number of rotatable bonds is 2. The van der Waals surface area contributed by atoms with Crippen LogP contribution in [0.1, 0.15) is 45.5 Å². The number of carbonyl (C=O) groups is 2. The van der Waals surface area contributed by atoms with E-state index in [4.69, 9.17) is 4.74 Å². The van der Waals surface area contributed by atoms with E-state index in [-0.39, 0.29) is 18.2 Å². The lowest BCUT2D eigenvalue weighted by Gasteiger charge is -2.36. The molecule has 1 aliphatic heterocycles. The van der Waals surface area contributed by atoms with Crippen LogP contribution in [0.15, 0.2) is 72.8 Å². The van der Waals surface area contributed by atoms with Gasteiger partial charge in [-0.05, 0) is 30.0 Å². The summed E-state index contributed by atoms with van der Waals surface area (Å²) >= 11 is 0. The first-order valence-corrected chi connectivity index (χ1v) is 9.21. The van der Waals surface area contributed by atoms with Gasteiger partial charge in [0.05, 0.1) is 6.42 Å². The van der Waals surface area contributed by atoms with Crippen LogP contribution >= 0.6 is 0 Å². The average Bonchev–Trinajstić information content (AvgIpc) is 3.07. The summed E-state index contributed by atoms with van der Waals surface area (Å²) in [7, 11) is 0. The Kier molecular flexibility index (Phi) is 3.51. The predicted molar refractivity (Wildman–Crippen MR) is 102 cm³/mol. The monoisotopic (exact) mass is 354 g/mol. The topological polar surface area (TPSA) is 43.4 Å². The quantitative estimate of drug-likeness (QED) is 0.388. The smallest absolute Gasteiger partial charge is 0.312 e. The third-order valence-electron chi connectivity index (χ3n) is 5.80. The molecule has 0 amide bonds. The van der Waals surface area contributed by atoms with Crippen molar-refractivity contribution < 1.29 is 14.3 Å². The maximum atomic E-state index is 13.3. The van der Waals surface area contributed by atoms with Crippen molar-refractivity contribution in [2.75, 3.05) is 0 Å². The third-order valence-corrected chi connectivity index (χ3v) is 5.80. The van der Waals surface area contributed by atoms with Gasteiger partial charge >= 0.3 is 5.97 Å². The van der Waals surface area contributed by atoms with Crippen molar-refractivity contribution in [3.63, 3.8) is 0 Å². The maximum Gasteiger partial charge on any atom is 0.312 e. The van der Waals surface area contributed by atoms with E-state index in [1.807, 2.05) is 66.7 Å². The molecule has 0 saturated carbocycles. The standard InChI is InChI=1S/C24H18O3/c25-21-15-24(19-11-4-5-12-20(19)27-21)14-13-16-9-6-10-18(22(16)24)23(26)17-7-2-1-3-8-17/h1-12H,13-15H2. The van der Waals surface area contributed by atoms with Gasteiger partial charge in [-0.15, -0.1) is 0 Å². The number of ketones is 1. The zero-order valence-electron chi connectivity index (χ0n) is 14.8. The second kappa shape index (κ2) is 5.92. The molecule has 0 saturated heterocycles. The Balaban J connectivity index is 1.75. The summed E-state index contributed by atoms with van der Waals surface area (Å²) in [4.78, 5) is 25.8. The lowest BCUT2D eigenvalue weighted by Crippen LogP contribution is -2.36. The Morgan fingerprint density at radius 1 is 0.889 bits per heavy atom. The van der Waals surface area contributed by atoms with Crippen molar-refractivity contribution in [2.24, 2.45) is 0 Å². The summed E-state index contributed by atoms with van der Waals surface area (Å²) in [6.45, 7) is 0. The average molecular weight is 354 g/mol.